The average Bonchev–Trinajstić information content (AvgIpc) is 3.24. The summed E-state index contributed by atoms with van der Waals surface area (Å²) in [6.07, 6.45) is 0.996. The zero-order valence-electron chi connectivity index (χ0n) is 15.3. The molecule has 0 bridgehead atoms. The summed E-state index contributed by atoms with van der Waals surface area (Å²) in [6, 6.07) is 5.72. The van der Waals surface area contributed by atoms with Crippen LogP contribution >= 0.6 is 11.3 Å². The maximum absolute atomic E-state index is 12.8. The van der Waals surface area contributed by atoms with Crippen molar-refractivity contribution in [3.63, 3.8) is 0 Å². The topological polar surface area (TPSA) is 65.4 Å². The van der Waals surface area contributed by atoms with Gasteiger partial charge in [-0.25, -0.2) is 0 Å². The lowest BCUT2D eigenvalue weighted by Crippen LogP contribution is -2.12. The van der Waals surface area contributed by atoms with E-state index in [9.17, 15) is 4.79 Å². The van der Waals surface area contributed by atoms with E-state index in [2.05, 4.69) is 10.4 Å². The fourth-order valence-corrected chi connectivity index (χ4v) is 4.33. The Kier molecular flexibility index (Phi) is 4.11. The molecule has 0 saturated heterocycles. The van der Waals surface area contributed by atoms with Crippen LogP contribution < -0.4 is 14.8 Å². The number of benzene rings is 1. The Morgan fingerprint density at radius 3 is 3.00 bits per heavy atom. The molecule has 136 valence electrons. The fourth-order valence-electron chi connectivity index (χ4n) is 3.31. The molecule has 4 rings (SSSR count). The smallest absolute Gasteiger partial charge is 0.265 e. The van der Waals surface area contributed by atoms with Crippen LogP contribution in [-0.2, 0) is 13.5 Å². The first-order valence-electron chi connectivity index (χ1n) is 8.67. The third-order valence-corrected chi connectivity index (χ3v) is 5.67. The van der Waals surface area contributed by atoms with Gasteiger partial charge >= 0.3 is 0 Å². The standard InChI is InChI=1S/C19H21N3O3S/c1-5-24-16-7-12-6-10(2)25-15(12)9-14(16)20-18(23)17-8-13-11(3)21-22(4)19(13)26-17/h7-10H,5-6H2,1-4H3,(H,20,23)/t10-/m1/s1. The highest BCUT2D eigenvalue weighted by atomic mass is 32.1. The quantitative estimate of drug-likeness (QED) is 0.755. The van der Waals surface area contributed by atoms with Crippen LogP contribution in [0.4, 0.5) is 5.69 Å². The SMILES string of the molecule is CCOc1cc2c(cc1NC(=O)c1cc3c(C)nn(C)c3s1)O[C@H](C)C2. The summed E-state index contributed by atoms with van der Waals surface area (Å²) in [5.41, 5.74) is 2.67. The number of ether oxygens (including phenoxy) is 2. The van der Waals surface area contributed by atoms with Crippen molar-refractivity contribution in [1.29, 1.82) is 0 Å². The highest BCUT2D eigenvalue weighted by Crippen LogP contribution is 2.38. The molecule has 0 fully saturated rings. The van der Waals surface area contributed by atoms with Gasteiger partial charge in [0.25, 0.3) is 5.91 Å². The van der Waals surface area contributed by atoms with Crippen molar-refractivity contribution in [1.82, 2.24) is 9.78 Å². The molecular weight excluding hydrogens is 350 g/mol. The van der Waals surface area contributed by atoms with Gasteiger partial charge in [-0.1, -0.05) is 0 Å². The summed E-state index contributed by atoms with van der Waals surface area (Å²) in [7, 11) is 1.89. The lowest BCUT2D eigenvalue weighted by atomic mass is 10.1. The highest BCUT2D eigenvalue weighted by molar-refractivity contribution is 7.20. The van der Waals surface area contributed by atoms with E-state index in [1.165, 1.54) is 11.3 Å². The molecule has 7 heteroatoms. The van der Waals surface area contributed by atoms with Crippen molar-refractivity contribution in [3.8, 4) is 11.5 Å². The van der Waals surface area contributed by atoms with Gasteiger partial charge in [-0.3, -0.25) is 9.48 Å². The molecule has 6 nitrogen and oxygen atoms in total. The van der Waals surface area contributed by atoms with Gasteiger partial charge in [-0.15, -0.1) is 11.3 Å². The second-order valence-corrected chi connectivity index (χ2v) is 7.54. The minimum Gasteiger partial charge on any atom is -0.492 e. The van der Waals surface area contributed by atoms with Crippen LogP contribution in [0.2, 0.25) is 0 Å². The van der Waals surface area contributed by atoms with Crippen LogP contribution in [0.15, 0.2) is 18.2 Å². The number of aromatic nitrogens is 2. The molecule has 0 unspecified atom stereocenters. The van der Waals surface area contributed by atoms with E-state index in [0.717, 1.165) is 33.6 Å². The number of carbonyl (C=O) groups excluding carboxylic acids is 1. The number of rotatable bonds is 4. The Bertz CT molecular complexity index is 971. The number of hydrogen-bond acceptors (Lipinski definition) is 5. The molecule has 1 aliphatic heterocycles. The van der Waals surface area contributed by atoms with E-state index < -0.39 is 0 Å². The predicted octanol–water partition coefficient (Wildman–Crippen LogP) is 3.92. The monoisotopic (exact) mass is 371 g/mol. The Labute approximate surface area is 155 Å². The summed E-state index contributed by atoms with van der Waals surface area (Å²) in [4.78, 5) is 14.4. The minimum atomic E-state index is -0.155. The first-order valence-corrected chi connectivity index (χ1v) is 9.48. The molecular formula is C19H21N3O3S. The van der Waals surface area contributed by atoms with Gasteiger partial charge in [0.15, 0.2) is 0 Å². The second-order valence-electron chi connectivity index (χ2n) is 6.51. The maximum Gasteiger partial charge on any atom is 0.265 e. The summed E-state index contributed by atoms with van der Waals surface area (Å²) < 4.78 is 13.4. The molecule has 0 radical (unpaired) electrons. The van der Waals surface area contributed by atoms with Crippen LogP contribution in [0.3, 0.4) is 0 Å². The number of aryl methyl sites for hydroxylation is 2. The number of nitrogens with one attached hydrogen (secondary N) is 1. The van der Waals surface area contributed by atoms with Gasteiger partial charge in [0.2, 0.25) is 0 Å². The lowest BCUT2D eigenvalue weighted by molar-refractivity contribution is 0.103. The molecule has 0 saturated carbocycles. The van der Waals surface area contributed by atoms with Crippen LogP contribution in [0.5, 0.6) is 11.5 Å². The van der Waals surface area contributed by atoms with E-state index in [4.69, 9.17) is 9.47 Å². The summed E-state index contributed by atoms with van der Waals surface area (Å²) >= 11 is 1.43. The highest BCUT2D eigenvalue weighted by Gasteiger charge is 2.23. The lowest BCUT2D eigenvalue weighted by Gasteiger charge is -2.13. The van der Waals surface area contributed by atoms with Crippen molar-refractivity contribution in [2.75, 3.05) is 11.9 Å². The molecule has 1 amide bonds. The minimum absolute atomic E-state index is 0.142. The van der Waals surface area contributed by atoms with Crippen molar-refractivity contribution >= 4 is 33.1 Å². The van der Waals surface area contributed by atoms with E-state index in [-0.39, 0.29) is 12.0 Å². The van der Waals surface area contributed by atoms with Gasteiger partial charge in [-0.05, 0) is 32.9 Å². The average molecular weight is 371 g/mol. The molecule has 0 aliphatic carbocycles. The Balaban J connectivity index is 1.66. The van der Waals surface area contributed by atoms with Crippen LogP contribution in [0, 0.1) is 6.92 Å². The number of carbonyl (C=O) groups is 1. The zero-order chi connectivity index (χ0) is 18.4. The third kappa shape index (κ3) is 2.82. The Hall–Kier alpha value is -2.54. The number of fused-ring (bicyclic) bond motifs is 2. The summed E-state index contributed by atoms with van der Waals surface area (Å²) in [5.74, 6) is 1.33. The molecule has 3 heterocycles. The third-order valence-electron chi connectivity index (χ3n) is 4.47. The number of thiophene rings is 1. The molecule has 1 N–H and O–H groups in total. The van der Waals surface area contributed by atoms with Crippen LogP contribution in [0.1, 0.15) is 34.8 Å². The Morgan fingerprint density at radius 2 is 2.27 bits per heavy atom. The maximum atomic E-state index is 12.8. The Morgan fingerprint density at radius 1 is 1.46 bits per heavy atom. The number of nitrogens with zero attached hydrogens (tertiary/aromatic N) is 2. The van der Waals surface area contributed by atoms with Gasteiger partial charge < -0.3 is 14.8 Å². The van der Waals surface area contributed by atoms with Gasteiger partial charge in [0, 0.05) is 30.5 Å². The normalized spacial score (nSPS) is 15.8. The first-order chi connectivity index (χ1) is 12.5. The second kappa shape index (κ2) is 6.32. The largest absolute Gasteiger partial charge is 0.492 e. The number of anilines is 1. The zero-order valence-corrected chi connectivity index (χ0v) is 16.1. The fraction of sp³-hybridized carbons (Fsp3) is 0.368. The van der Waals surface area contributed by atoms with Gasteiger partial charge in [0.05, 0.1) is 22.9 Å². The van der Waals surface area contributed by atoms with Crippen molar-refractivity contribution in [3.05, 3.63) is 34.3 Å². The van der Waals surface area contributed by atoms with E-state index >= 15 is 0 Å². The summed E-state index contributed by atoms with van der Waals surface area (Å²) in [5, 5.41) is 8.37. The van der Waals surface area contributed by atoms with Crippen molar-refractivity contribution in [2.45, 2.75) is 33.3 Å². The van der Waals surface area contributed by atoms with Gasteiger partial charge in [0.1, 0.15) is 22.4 Å². The first kappa shape index (κ1) is 16.9. The molecule has 26 heavy (non-hydrogen) atoms. The molecule has 3 aromatic rings. The predicted molar refractivity (Wildman–Crippen MR) is 103 cm³/mol. The molecule has 1 aliphatic rings. The number of amides is 1. The molecule has 1 atom stereocenters. The van der Waals surface area contributed by atoms with E-state index in [0.29, 0.717) is 22.9 Å². The van der Waals surface area contributed by atoms with Crippen molar-refractivity contribution < 1.29 is 14.3 Å². The van der Waals surface area contributed by atoms with Gasteiger partial charge in [-0.2, -0.15) is 5.10 Å². The molecule has 2 aromatic heterocycles. The number of hydrogen-bond donors (Lipinski definition) is 1. The van der Waals surface area contributed by atoms with Crippen molar-refractivity contribution in [2.24, 2.45) is 7.05 Å². The molecule has 1 aromatic carbocycles. The van der Waals surface area contributed by atoms with Crippen LogP contribution in [0.25, 0.3) is 10.2 Å². The molecule has 0 spiro atoms. The van der Waals surface area contributed by atoms with E-state index in [1.54, 1.807) is 0 Å². The van der Waals surface area contributed by atoms with Crippen LogP contribution in [-0.4, -0.2) is 28.4 Å². The van der Waals surface area contributed by atoms with E-state index in [1.807, 2.05) is 50.7 Å². The summed E-state index contributed by atoms with van der Waals surface area (Å²) in [6.45, 7) is 6.45.